The summed E-state index contributed by atoms with van der Waals surface area (Å²) in [5.74, 6) is 0.0693. The number of hydrogen-bond acceptors (Lipinski definition) is 4. The molecule has 3 rings (SSSR count). The summed E-state index contributed by atoms with van der Waals surface area (Å²) >= 11 is 0. The van der Waals surface area contributed by atoms with E-state index in [4.69, 9.17) is 0 Å². The van der Waals surface area contributed by atoms with Crippen LogP contribution in [-0.4, -0.2) is 46.3 Å². The fourth-order valence-electron chi connectivity index (χ4n) is 3.50. The van der Waals surface area contributed by atoms with Crippen molar-refractivity contribution in [1.29, 1.82) is 0 Å². The van der Waals surface area contributed by atoms with Crippen LogP contribution >= 0.6 is 0 Å². The summed E-state index contributed by atoms with van der Waals surface area (Å²) < 4.78 is 25.4. The van der Waals surface area contributed by atoms with Gasteiger partial charge in [0, 0.05) is 37.9 Å². The van der Waals surface area contributed by atoms with Crippen molar-refractivity contribution in [2.45, 2.75) is 19.8 Å². The van der Waals surface area contributed by atoms with Gasteiger partial charge in [-0.05, 0) is 55.7 Å². The highest BCUT2D eigenvalue weighted by molar-refractivity contribution is 7.93. The van der Waals surface area contributed by atoms with E-state index in [9.17, 15) is 13.2 Å². The summed E-state index contributed by atoms with van der Waals surface area (Å²) in [5.41, 5.74) is 2.72. The monoisotopic (exact) mass is 427 g/mol. The van der Waals surface area contributed by atoms with Gasteiger partial charge >= 0.3 is 0 Å². The molecule has 1 N–H and O–H groups in total. The van der Waals surface area contributed by atoms with Gasteiger partial charge in [-0.25, -0.2) is 8.42 Å². The van der Waals surface area contributed by atoms with Gasteiger partial charge in [-0.1, -0.05) is 30.3 Å². The number of rotatable bonds is 9. The third-order valence-electron chi connectivity index (χ3n) is 5.11. The first-order valence-corrected chi connectivity index (χ1v) is 12.0. The van der Waals surface area contributed by atoms with Crippen molar-refractivity contribution < 1.29 is 13.2 Å². The van der Waals surface area contributed by atoms with Gasteiger partial charge < -0.3 is 10.2 Å². The minimum atomic E-state index is -3.17. The third-order valence-corrected chi connectivity index (χ3v) is 6.98. The molecule has 6 nitrogen and oxygen atoms in total. The first kappa shape index (κ1) is 21.9. The average Bonchev–Trinajstić information content (AvgIpc) is 3.12. The molecule has 0 aromatic heterocycles. The minimum absolute atomic E-state index is 0.135. The van der Waals surface area contributed by atoms with Gasteiger partial charge in [0.05, 0.1) is 11.4 Å². The van der Waals surface area contributed by atoms with E-state index in [1.54, 1.807) is 18.2 Å². The van der Waals surface area contributed by atoms with Crippen molar-refractivity contribution in [2.24, 2.45) is 0 Å². The van der Waals surface area contributed by atoms with Crippen LogP contribution in [0.3, 0.4) is 0 Å². The summed E-state index contributed by atoms with van der Waals surface area (Å²) in [7, 11) is -3.17. The Hall–Kier alpha value is -2.80. The topological polar surface area (TPSA) is 69.7 Å². The number of sulfonamides is 1. The predicted molar refractivity (Wildman–Crippen MR) is 123 cm³/mol. The second kappa shape index (κ2) is 10.3. The molecule has 0 atom stereocenters. The van der Waals surface area contributed by atoms with Crippen LogP contribution in [0, 0.1) is 0 Å². The fraction of sp³-hybridized carbons (Fsp3) is 0.348. The quantitative estimate of drug-likeness (QED) is 0.493. The Bertz CT molecular complexity index is 957. The first-order valence-electron chi connectivity index (χ1n) is 10.4. The number of carbonyl (C=O) groups is 1. The smallest absolute Gasteiger partial charge is 0.244 e. The number of hydrogen-bond donors (Lipinski definition) is 1. The molecule has 1 amide bonds. The molecule has 0 spiro atoms. The van der Waals surface area contributed by atoms with Crippen LogP contribution in [0.5, 0.6) is 0 Å². The molecule has 0 saturated carbocycles. The average molecular weight is 428 g/mol. The van der Waals surface area contributed by atoms with Crippen LogP contribution in [0.4, 0.5) is 11.4 Å². The lowest BCUT2D eigenvalue weighted by Gasteiger charge is -2.23. The maximum Gasteiger partial charge on any atom is 0.244 e. The van der Waals surface area contributed by atoms with Crippen molar-refractivity contribution in [3.63, 3.8) is 0 Å². The SMILES string of the molecule is CCN(CCCNC(=O)/C=C/c1ccc(N2CCCS2(=O)=O)cc1)c1ccccc1. The maximum atomic E-state index is 12.1. The lowest BCUT2D eigenvalue weighted by atomic mass is 10.2. The molecule has 160 valence electrons. The number of carbonyl (C=O) groups excluding carboxylic acids is 1. The molecule has 7 heteroatoms. The minimum Gasteiger partial charge on any atom is -0.372 e. The van der Waals surface area contributed by atoms with Gasteiger partial charge in [0.25, 0.3) is 0 Å². The van der Waals surface area contributed by atoms with Crippen LogP contribution in [0.25, 0.3) is 6.08 Å². The van der Waals surface area contributed by atoms with E-state index < -0.39 is 10.0 Å². The molecule has 1 aliphatic rings. The van der Waals surface area contributed by atoms with E-state index in [2.05, 4.69) is 29.3 Å². The van der Waals surface area contributed by atoms with E-state index in [1.807, 2.05) is 30.3 Å². The first-order chi connectivity index (χ1) is 14.5. The van der Waals surface area contributed by atoms with E-state index in [0.29, 0.717) is 25.2 Å². The van der Waals surface area contributed by atoms with Crippen molar-refractivity contribution in [3.8, 4) is 0 Å². The number of amides is 1. The molecule has 0 unspecified atom stereocenters. The van der Waals surface area contributed by atoms with Gasteiger partial charge in [0.2, 0.25) is 15.9 Å². The normalized spacial score (nSPS) is 15.4. The van der Waals surface area contributed by atoms with Crippen LogP contribution in [-0.2, 0) is 14.8 Å². The molecule has 0 bridgehead atoms. The Kier molecular flexibility index (Phi) is 7.52. The molecule has 1 aliphatic heterocycles. The number of para-hydroxylation sites is 1. The Balaban J connectivity index is 1.43. The second-order valence-electron chi connectivity index (χ2n) is 7.23. The molecular weight excluding hydrogens is 398 g/mol. The Morgan fingerprint density at radius 3 is 2.50 bits per heavy atom. The highest BCUT2D eigenvalue weighted by atomic mass is 32.2. The zero-order valence-electron chi connectivity index (χ0n) is 17.3. The molecular formula is C23H29N3O3S. The summed E-state index contributed by atoms with van der Waals surface area (Å²) in [6.07, 6.45) is 4.77. The Labute approximate surface area is 179 Å². The largest absolute Gasteiger partial charge is 0.372 e. The highest BCUT2D eigenvalue weighted by Crippen LogP contribution is 2.24. The van der Waals surface area contributed by atoms with Crippen LogP contribution < -0.4 is 14.5 Å². The molecule has 30 heavy (non-hydrogen) atoms. The van der Waals surface area contributed by atoms with E-state index in [1.165, 1.54) is 16.1 Å². The van der Waals surface area contributed by atoms with Crippen LogP contribution in [0.15, 0.2) is 60.7 Å². The Morgan fingerprint density at radius 1 is 1.13 bits per heavy atom. The van der Waals surface area contributed by atoms with Crippen molar-refractivity contribution in [3.05, 3.63) is 66.2 Å². The van der Waals surface area contributed by atoms with E-state index in [-0.39, 0.29) is 11.7 Å². The summed E-state index contributed by atoms with van der Waals surface area (Å²) in [5, 5.41) is 2.91. The molecule has 0 radical (unpaired) electrons. The van der Waals surface area contributed by atoms with Crippen molar-refractivity contribution in [1.82, 2.24) is 5.32 Å². The fourth-order valence-corrected chi connectivity index (χ4v) is 5.07. The van der Waals surface area contributed by atoms with E-state index in [0.717, 1.165) is 25.1 Å². The summed E-state index contributed by atoms with van der Waals surface area (Å²) in [6, 6.07) is 17.5. The van der Waals surface area contributed by atoms with Gasteiger partial charge in [0.15, 0.2) is 0 Å². The van der Waals surface area contributed by atoms with Gasteiger partial charge in [-0.15, -0.1) is 0 Å². The molecule has 0 aliphatic carbocycles. The second-order valence-corrected chi connectivity index (χ2v) is 9.24. The Morgan fingerprint density at radius 2 is 1.87 bits per heavy atom. The number of benzene rings is 2. The number of nitrogens with zero attached hydrogens (tertiary/aromatic N) is 2. The summed E-state index contributed by atoms with van der Waals surface area (Å²) in [4.78, 5) is 14.3. The third kappa shape index (κ3) is 5.86. The zero-order valence-corrected chi connectivity index (χ0v) is 18.1. The van der Waals surface area contributed by atoms with Crippen molar-refractivity contribution >= 4 is 33.4 Å². The number of nitrogens with one attached hydrogen (secondary N) is 1. The molecule has 1 heterocycles. The van der Waals surface area contributed by atoms with Gasteiger partial charge in [0.1, 0.15) is 0 Å². The molecule has 2 aromatic rings. The predicted octanol–water partition coefficient (Wildman–Crippen LogP) is 3.27. The van der Waals surface area contributed by atoms with Gasteiger partial charge in [-0.2, -0.15) is 0 Å². The molecule has 2 aromatic carbocycles. The lowest BCUT2D eigenvalue weighted by Crippen LogP contribution is -2.29. The maximum absolute atomic E-state index is 12.1. The van der Waals surface area contributed by atoms with Crippen LogP contribution in [0.1, 0.15) is 25.3 Å². The lowest BCUT2D eigenvalue weighted by molar-refractivity contribution is -0.116. The van der Waals surface area contributed by atoms with E-state index >= 15 is 0 Å². The highest BCUT2D eigenvalue weighted by Gasteiger charge is 2.28. The number of anilines is 2. The van der Waals surface area contributed by atoms with Crippen LogP contribution in [0.2, 0.25) is 0 Å². The standard InChI is InChI=1S/C23H29N3O3S/c1-2-25(21-8-4-3-5-9-21)17-6-16-24-23(27)15-12-20-10-13-22(14-11-20)26-18-7-19-30(26,28)29/h3-5,8-15H,2,6-7,16-19H2,1H3,(H,24,27)/b15-12+. The molecule has 1 fully saturated rings. The molecule has 1 saturated heterocycles. The summed E-state index contributed by atoms with van der Waals surface area (Å²) in [6.45, 7) is 5.06. The van der Waals surface area contributed by atoms with Crippen molar-refractivity contribution in [2.75, 3.05) is 41.1 Å². The van der Waals surface area contributed by atoms with Gasteiger partial charge in [-0.3, -0.25) is 9.10 Å². The zero-order chi connectivity index (χ0) is 21.4.